The Bertz CT molecular complexity index is 328. The lowest BCUT2D eigenvalue weighted by molar-refractivity contribution is 0.0952. The summed E-state index contributed by atoms with van der Waals surface area (Å²) in [5.41, 5.74) is 3.06. The van der Waals surface area contributed by atoms with Crippen LogP contribution in [0.1, 0.15) is 16.1 Å². The Morgan fingerprint density at radius 1 is 1.69 bits per heavy atom. The second kappa shape index (κ2) is 4.20. The molecule has 0 aliphatic heterocycles. The number of hydrogen-bond donors (Lipinski definition) is 2. The second-order valence-electron chi connectivity index (χ2n) is 2.33. The van der Waals surface area contributed by atoms with Crippen LogP contribution in [0.25, 0.3) is 0 Å². The molecular formula is C7H10N4OS. The SMILES string of the molecule is CSc1ncc(C(=O)NN)c(C)n1. The zero-order valence-corrected chi connectivity index (χ0v) is 8.18. The summed E-state index contributed by atoms with van der Waals surface area (Å²) in [6.07, 6.45) is 3.34. The number of aromatic nitrogens is 2. The Balaban J connectivity index is 3.05. The van der Waals surface area contributed by atoms with Crippen LogP contribution in [0.2, 0.25) is 0 Å². The van der Waals surface area contributed by atoms with Gasteiger partial charge in [-0.3, -0.25) is 10.2 Å². The number of aryl methyl sites for hydroxylation is 1. The largest absolute Gasteiger partial charge is 0.290 e. The number of nitrogens with two attached hydrogens (primary N) is 1. The van der Waals surface area contributed by atoms with Gasteiger partial charge >= 0.3 is 0 Å². The molecule has 0 radical (unpaired) electrons. The first-order valence-corrected chi connectivity index (χ1v) is 4.80. The van der Waals surface area contributed by atoms with Crippen molar-refractivity contribution >= 4 is 17.7 Å². The summed E-state index contributed by atoms with van der Waals surface area (Å²) in [5.74, 6) is 4.61. The fourth-order valence-electron chi connectivity index (χ4n) is 0.845. The molecule has 13 heavy (non-hydrogen) atoms. The first kappa shape index (κ1) is 9.94. The minimum Gasteiger partial charge on any atom is -0.290 e. The van der Waals surface area contributed by atoms with Gasteiger partial charge in [0, 0.05) is 6.20 Å². The van der Waals surface area contributed by atoms with Crippen molar-refractivity contribution in [3.8, 4) is 0 Å². The van der Waals surface area contributed by atoms with Crippen molar-refractivity contribution in [3.05, 3.63) is 17.5 Å². The summed E-state index contributed by atoms with van der Waals surface area (Å²) in [4.78, 5) is 19.2. The summed E-state index contributed by atoms with van der Waals surface area (Å²) < 4.78 is 0. The van der Waals surface area contributed by atoms with Gasteiger partial charge in [-0.2, -0.15) is 0 Å². The van der Waals surface area contributed by atoms with E-state index in [9.17, 15) is 4.79 Å². The van der Waals surface area contributed by atoms with Crippen LogP contribution in [0.5, 0.6) is 0 Å². The third-order valence-corrected chi connectivity index (χ3v) is 2.08. The van der Waals surface area contributed by atoms with Gasteiger partial charge in [-0.15, -0.1) is 0 Å². The molecule has 0 unspecified atom stereocenters. The lowest BCUT2D eigenvalue weighted by Gasteiger charge is -2.03. The Morgan fingerprint density at radius 2 is 2.38 bits per heavy atom. The van der Waals surface area contributed by atoms with Crippen LogP contribution in [0.3, 0.4) is 0 Å². The molecule has 6 heteroatoms. The molecule has 0 aliphatic rings. The summed E-state index contributed by atoms with van der Waals surface area (Å²) in [6.45, 7) is 1.74. The minimum absolute atomic E-state index is 0.370. The van der Waals surface area contributed by atoms with E-state index in [1.54, 1.807) is 6.92 Å². The van der Waals surface area contributed by atoms with E-state index in [1.807, 2.05) is 11.7 Å². The van der Waals surface area contributed by atoms with Crippen LogP contribution < -0.4 is 11.3 Å². The predicted molar refractivity (Wildman–Crippen MR) is 50.2 cm³/mol. The molecule has 1 heterocycles. The van der Waals surface area contributed by atoms with Gasteiger partial charge in [0.2, 0.25) is 0 Å². The summed E-state index contributed by atoms with van der Waals surface area (Å²) in [6, 6.07) is 0. The predicted octanol–water partition coefficient (Wildman–Crippen LogP) is 0.110. The van der Waals surface area contributed by atoms with E-state index in [4.69, 9.17) is 5.84 Å². The Labute approximate surface area is 80.1 Å². The average molecular weight is 198 g/mol. The number of hydrazine groups is 1. The van der Waals surface area contributed by atoms with Crippen LogP contribution in [0, 0.1) is 6.92 Å². The van der Waals surface area contributed by atoms with Crippen LogP contribution in [-0.4, -0.2) is 22.1 Å². The zero-order valence-electron chi connectivity index (χ0n) is 7.37. The lowest BCUT2D eigenvalue weighted by Crippen LogP contribution is -2.30. The van der Waals surface area contributed by atoms with Gasteiger partial charge in [0.05, 0.1) is 11.3 Å². The number of carbonyl (C=O) groups excluding carboxylic acids is 1. The van der Waals surface area contributed by atoms with Gasteiger partial charge in [0.25, 0.3) is 5.91 Å². The summed E-state index contributed by atoms with van der Waals surface area (Å²) in [7, 11) is 0. The number of nitrogens with one attached hydrogen (secondary N) is 1. The summed E-state index contributed by atoms with van der Waals surface area (Å²) in [5, 5.41) is 0.645. The van der Waals surface area contributed by atoms with Gasteiger partial charge in [0.1, 0.15) is 0 Å². The molecule has 0 fully saturated rings. The first-order chi connectivity index (χ1) is 6.19. The Morgan fingerprint density at radius 3 is 2.85 bits per heavy atom. The molecule has 0 atom stereocenters. The van der Waals surface area contributed by atoms with E-state index < -0.39 is 0 Å². The minimum atomic E-state index is -0.370. The van der Waals surface area contributed by atoms with Crippen LogP contribution in [0.4, 0.5) is 0 Å². The maximum atomic E-state index is 11.1. The van der Waals surface area contributed by atoms with Gasteiger partial charge in [-0.1, -0.05) is 11.8 Å². The van der Waals surface area contributed by atoms with Crippen LogP contribution >= 0.6 is 11.8 Å². The van der Waals surface area contributed by atoms with Gasteiger partial charge in [-0.05, 0) is 13.2 Å². The number of nitrogen functional groups attached to an aromatic ring is 1. The van der Waals surface area contributed by atoms with Crippen molar-refractivity contribution in [1.29, 1.82) is 0 Å². The molecular weight excluding hydrogens is 188 g/mol. The average Bonchev–Trinajstić information content (AvgIpc) is 2.16. The smallest absolute Gasteiger partial charge is 0.268 e. The van der Waals surface area contributed by atoms with Crippen molar-refractivity contribution in [2.24, 2.45) is 5.84 Å². The van der Waals surface area contributed by atoms with Gasteiger partial charge in [-0.25, -0.2) is 15.8 Å². The maximum Gasteiger partial charge on any atom is 0.268 e. The Hall–Kier alpha value is -1.14. The summed E-state index contributed by atoms with van der Waals surface area (Å²) >= 11 is 1.43. The number of amides is 1. The number of thioether (sulfide) groups is 1. The highest BCUT2D eigenvalue weighted by Crippen LogP contribution is 2.10. The van der Waals surface area contributed by atoms with Crippen molar-refractivity contribution in [3.63, 3.8) is 0 Å². The fraction of sp³-hybridized carbons (Fsp3) is 0.286. The van der Waals surface area contributed by atoms with Crippen molar-refractivity contribution in [2.45, 2.75) is 12.1 Å². The number of carbonyl (C=O) groups is 1. The zero-order chi connectivity index (χ0) is 9.84. The molecule has 0 saturated carbocycles. The van der Waals surface area contributed by atoms with E-state index in [0.29, 0.717) is 16.4 Å². The number of nitrogens with zero attached hydrogens (tertiary/aromatic N) is 2. The van der Waals surface area contributed by atoms with Gasteiger partial charge < -0.3 is 0 Å². The highest BCUT2D eigenvalue weighted by atomic mass is 32.2. The fourth-order valence-corrected chi connectivity index (χ4v) is 1.23. The third kappa shape index (κ3) is 2.16. The molecule has 1 rings (SSSR count). The van der Waals surface area contributed by atoms with E-state index >= 15 is 0 Å². The molecule has 0 aliphatic carbocycles. The van der Waals surface area contributed by atoms with E-state index in [2.05, 4.69) is 9.97 Å². The standard InChI is InChI=1S/C7H10N4OS/c1-4-5(6(12)11-8)3-9-7(10-4)13-2/h3H,8H2,1-2H3,(H,11,12). The molecule has 0 saturated heterocycles. The topological polar surface area (TPSA) is 80.9 Å². The molecule has 3 N–H and O–H groups in total. The van der Waals surface area contributed by atoms with Crippen molar-refractivity contribution in [1.82, 2.24) is 15.4 Å². The normalized spacial score (nSPS) is 9.77. The van der Waals surface area contributed by atoms with Crippen molar-refractivity contribution in [2.75, 3.05) is 6.26 Å². The highest BCUT2D eigenvalue weighted by molar-refractivity contribution is 7.98. The molecule has 70 valence electrons. The second-order valence-corrected chi connectivity index (χ2v) is 3.10. The molecule has 1 aromatic rings. The molecule has 5 nitrogen and oxygen atoms in total. The number of hydrogen-bond acceptors (Lipinski definition) is 5. The maximum absolute atomic E-state index is 11.1. The first-order valence-electron chi connectivity index (χ1n) is 3.57. The Kier molecular flexibility index (Phi) is 3.21. The van der Waals surface area contributed by atoms with E-state index in [0.717, 1.165) is 0 Å². The van der Waals surface area contributed by atoms with Crippen LogP contribution in [-0.2, 0) is 0 Å². The quantitative estimate of drug-likeness (QED) is 0.232. The molecule has 1 amide bonds. The highest BCUT2D eigenvalue weighted by Gasteiger charge is 2.09. The monoisotopic (exact) mass is 198 g/mol. The molecule has 0 bridgehead atoms. The van der Waals surface area contributed by atoms with Crippen molar-refractivity contribution < 1.29 is 4.79 Å². The van der Waals surface area contributed by atoms with E-state index in [1.165, 1.54) is 18.0 Å². The molecule has 1 aromatic heterocycles. The third-order valence-electron chi connectivity index (χ3n) is 1.52. The van der Waals surface area contributed by atoms with Gasteiger partial charge in [0.15, 0.2) is 5.16 Å². The molecule has 0 spiro atoms. The van der Waals surface area contributed by atoms with E-state index in [-0.39, 0.29) is 5.91 Å². The molecule has 0 aromatic carbocycles. The number of rotatable bonds is 2. The van der Waals surface area contributed by atoms with Crippen LogP contribution in [0.15, 0.2) is 11.4 Å². The lowest BCUT2D eigenvalue weighted by atomic mass is 10.2.